The van der Waals surface area contributed by atoms with Crippen LogP contribution in [-0.4, -0.2) is 8.80 Å². The molecule has 0 spiro atoms. The van der Waals surface area contributed by atoms with Gasteiger partial charge >= 0.3 is 18.9 Å². The molecule has 1 radical (unpaired) electrons. The van der Waals surface area contributed by atoms with E-state index < -0.39 is 0 Å². The van der Waals surface area contributed by atoms with E-state index in [1.54, 1.807) is 5.56 Å². The van der Waals surface area contributed by atoms with Crippen molar-refractivity contribution in [2.75, 3.05) is 0 Å². The normalized spacial score (nSPS) is 17.7. The average molecular weight is 209 g/mol. The van der Waals surface area contributed by atoms with Crippen LogP contribution >= 0.6 is 0 Å². The first kappa shape index (κ1) is 12.8. The van der Waals surface area contributed by atoms with Gasteiger partial charge in [0.2, 0.25) is 0 Å². The summed E-state index contributed by atoms with van der Waals surface area (Å²) in [7, 11) is -0.200. The summed E-state index contributed by atoms with van der Waals surface area (Å²) in [5.41, 5.74) is 3.79. The molecule has 1 aromatic rings. The minimum atomic E-state index is -0.200. The van der Waals surface area contributed by atoms with E-state index in [0.29, 0.717) is 0 Å². The zero-order valence-corrected chi connectivity index (χ0v) is 11.0. The third kappa shape index (κ3) is 2.48. The first-order chi connectivity index (χ1) is 6.86. The van der Waals surface area contributed by atoms with Gasteiger partial charge in [-0.15, -0.1) is 0 Å². The van der Waals surface area contributed by atoms with E-state index in [1.807, 2.05) is 0 Å². The van der Waals surface area contributed by atoms with Crippen LogP contribution in [0.5, 0.6) is 0 Å². The van der Waals surface area contributed by atoms with Crippen molar-refractivity contribution in [1.29, 1.82) is 0 Å². The van der Waals surface area contributed by atoms with E-state index in [2.05, 4.69) is 50.3 Å². The molecule has 1 atom stereocenters. The van der Waals surface area contributed by atoms with E-state index >= 15 is 0 Å². The van der Waals surface area contributed by atoms with Crippen molar-refractivity contribution in [3.8, 4) is 0 Å². The van der Waals surface area contributed by atoms with Crippen LogP contribution in [-0.2, 0) is 0 Å². The van der Waals surface area contributed by atoms with Crippen molar-refractivity contribution in [2.45, 2.75) is 31.5 Å². The Morgan fingerprint density at radius 1 is 1.20 bits per heavy atom. The molecule has 0 fully saturated rings. The van der Waals surface area contributed by atoms with E-state index in [4.69, 9.17) is 0 Å². The van der Waals surface area contributed by atoms with Gasteiger partial charge in [-0.1, -0.05) is 62.4 Å². The summed E-state index contributed by atoms with van der Waals surface area (Å²) >= 11 is 0. The number of allylic oxidation sites excluding steroid dienone is 1. The van der Waals surface area contributed by atoms with Gasteiger partial charge in [-0.3, -0.25) is 0 Å². The minimum absolute atomic E-state index is 0. The van der Waals surface area contributed by atoms with Crippen LogP contribution in [0.1, 0.15) is 31.9 Å². The van der Waals surface area contributed by atoms with Crippen LogP contribution in [0.2, 0.25) is 12.1 Å². The summed E-state index contributed by atoms with van der Waals surface area (Å²) in [6.07, 6.45) is 4.72. The Bertz CT molecular complexity index is 348. The molecule has 2 rings (SSSR count). The maximum atomic E-state index is 2.42. The van der Waals surface area contributed by atoms with Crippen LogP contribution in [0, 0.1) is 0 Å². The maximum absolute atomic E-state index is 2.42. The van der Waals surface area contributed by atoms with Gasteiger partial charge in [-0.2, -0.15) is 0 Å². The molecule has 1 aliphatic rings. The summed E-state index contributed by atoms with van der Waals surface area (Å²) in [5.74, 6) is 0. The number of benzene rings is 1. The molecule has 0 bridgehead atoms. The van der Waals surface area contributed by atoms with Gasteiger partial charge in [0.25, 0.3) is 0 Å². The smallest absolute Gasteiger partial charge is 1.00 e. The summed E-state index contributed by atoms with van der Waals surface area (Å²) < 4.78 is 0. The maximum Gasteiger partial charge on any atom is 1.00 e. The van der Waals surface area contributed by atoms with Gasteiger partial charge in [-0.05, 0) is 16.7 Å². The van der Waals surface area contributed by atoms with Crippen molar-refractivity contribution in [1.82, 2.24) is 0 Å². The number of hydrogen-bond acceptors (Lipinski definition) is 0. The van der Waals surface area contributed by atoms with Crippen LogP contribution in [0.15, 0.2) is 30.3 Å². The zero-order valence-electron chi connectivity index (χ0n) is 11.0. The summed E-state index contributed by atoms with van der Waals surface area (Å²) in [6, 6.07) is 11.6. The molecule has 1 aromatic carbocycles. The molecule has 1 unspecified atom stereocenters. The van der Waals surface area contributed by atoms with Crippen LogP contribution < -0.4 is 18.9 Å². The Morgan fingerprint density at radius 2 is 1.87 bits per heavy atom. The van der Waals surface area contributed by atoms with Crippen LogP contribution in [0.25, 0.3) is 6.08 Å². The summed E-state index contributed by atoms with van der Waals surface area (Å²) in [4.78, 5) is 0. The molecule has 0 saturated heterocycles. The zero-order chi connectivity index (χ0) is 9.97. The molecule has 75 valence electrons. The molecule has 1 aliphatic carbocycles. The SMILES string of the molecule is CC[Si](CC)C1C=Cc2ccccc21.[H-].[Li+]. The van der Waals surface area contributed by atoms with Gasteiger partial charge in [0.1, 0.15) is 0 Å². The van der Waals surface area contributed by atoms with Crippen molar-refractivity contribution >= 4 is 14.9 Å². The molecule has 0 saturated carbocycles. The van der Waals surface area contributed by atoms with Gasteiger partial charge in [-0.25, -0.2) is 0 Å². The fourth-order valence-corrected chi connectivity index (χ4v) is 4.75. The van der Waals surface area contributed by atoms with Gasteiger partial charge < -0.3 is 1.43 Å². The van der Waals surface area contributed by atoms with Crippen molar-refractivity contribution < 1.29 is 20.3 Å². The van der Waals surface area contributed by atoms with E-state index in [0.717, 1.165) is 5.54 Å². The summed E-state index contributed by atoms with van der Waals surface area (Å²) in [6.45, 7) is 4.68. The Morgan fingerprint density at radius 3 is 2.53 bits per heavy atom. The molecular weight excluding hydrogens is 191 g/mol. The van der Waals surface area contributed by atoms with E-state index in [-0.39, 0.29) is 29.1 Å². The van der Waals surface area contributed by atoms with Crippen molar-refractivity contribution in [3.63, 3.8) is 0 Å². The topological polar surface area (TPSA) is 0 Å². The number of fused-ring (bicyclic) bond motifs is 1. The standard InChI is InChI=1S/C13H17Si.Li.H/c1-3-14(4-2)13-10-9-11-7-5-6-8-12(11)13;;/h5-10,13H,3-4H2,1-2H3;;/q;+1;-1. The minimum Gasteiger partial charge on any atom is -1.00 e. The van der Waals surface area contributed by atoms with Crippen molar-refractivity contribution in [2.24, 2.45) is 0 Å². The predicted octanol–water partition coefficient (Wildman–Crippen LogP) is 0.987. The second-order valence-electron chi connectivity index (χ2n) is 3.83. The molecule has 0 aliphatic heterocycles. The molecule has 0 amide bonds. The molecule has 15 heavy (non-hydrogen) atoms. The number of hydrogen-bond donors (Lipinski definition) is 0. The monoisotopic (exact) mass is 209 g/mol. The molecular formula is C13H18LiSi. The molecule has 0 N–H and O–H groups in total. The van der Waals surface area contributed by atoms with Crippen LogP contribution in [0.4, 0.5) is 0 Å². The molecule has 0 nitrogen and oxygen atoms in total. The second-order valence-corrected chi connectivity index (χ2v) is 7.18. The quantitative estimate of drug-likeness (QED) is 0.651. The largest absolute Gasteiger partial charge is 1.00 e. The molecule has 0 aromatic heterocycles. The number of rotatable bonds is 3. The second kappa shape index (κ2) is 5.75. The fourth-order valence-electron chi connectivity index (χ4n) is 2.30. The Labute approximate surface area is 108 Å². The molecule has 2 heteroatoms. The Kier molecular flexibility index (Phi) is 4.92. The Hall–Kier alpha value is -0.226. The third-order valence-corrected chi connectivity index (χ3v) is 6.35. The van der Waals surface area contributed by atoms with E-state index in [9.17, 15) is 0 Å². The van der Waals surface area contributed by atoms with Crippen LogP contribution in [0.3, 0.4) is 0 Å². The van der Waals surface area contributed by atoms with Gasteiger partial charge in [0, 0.05) is 0 Å². The summed E-state index contributed by atoms with van der Waals surface area (Å²) in [5, 5.41) is 0. The van der Waals surface area contributed by atoms with Gasteiger partial charge in [0.05, 0.1) is 8.80 Å². The van der Waals surface area contributed by atoms with Crippen molar-refractivity contribution in [3.05, 3.63) is 41.5 Å². The Balaban J connectivity index is 0.00000112. The fraction of sp³-hybridized carbons (Fsp3) is 0.385. The molecule has 0 heterocycles. The van der Waals surface area contributed by atoms with E-state index in [1.165, 1.54) is 17.7 Å². The average Bonchev–Trinajstić information content (AvgIpc) is 2.65. The van der Waals surface area contributed by atoms with Gasteiger partial charge in [0.15, 0.2) is 0 Å². The predicted molar refractivity (Wildman–Crippen MR) is 66.0 cm³/mol. The first-order valence-corrected chi connectivity index (χ1v) is 7.47. The third-order valence-electron chi connectivity index (χ3n) is 3.15. The first-order valence-electron chi connectivity index (χ1n) is 5.48.